The molecule has 1 saturated carbocycles. The highest BCUT2D eigenvalue weighted by Crippen LogP contribution is 2.50. The van der Waals surface area contributed by atoms with Gasteiger partial charge >= 0.3 is 0 Å². The van der Waals surface area contributed by atoms with Crippen molar-refractivity contribution in [2.75, 3.05) is 6.54 Å². The van der Waals surface area contributed by atoms with Crippen LogP contribution in [0.3, 0.4) is 0 Å². The molecule has 1 aromatic rings. The van der Waals surface area contributed by atoms with Crippen molar-refractivity contribution < 1.29 is 9.18 Å². The number of aromatic nitrogens is 1. The molecule has 0 bridgehead atoms. The quantitative estimate of drug-likeness (QED) is 0.795. The minimum Gasteiger partial charge on any atom is -0.352 e. The van der Waals surface area contributed by atoms with Crippen LogP contribution < -0.4 is 5.32 Å². The Morgan fingerprint density at radius 2 is 2.31 bits per heavy atom. The molecule has 1 heterocycles. The second-order valence-electron chi connectivity index (χ2n) is 4.97. The van der Waals surface area contributed by atoms with Crippen molar-refractivity contribution in [1.29, 1.82) is 0 Å². The number of carbonyl (C=O) groups excluding carboxylic acids is 1. The summed E-state index contributed by atoms with van der Waals surface area (Å²) in [5, 5.41) is 2.83. The average molecular weight is 222 g/mol. The van der Waals surface area contributed by atoms with Crippen LogP contribution in [0.25, 0.3) is 0 Å². The molecule has 1 aliphatic carbocycles. The molecular formula is C12H15FN2O. The van der Waals surface area contributed by atoms with Crippen LogP contribution in [-0.4, -0.2) is 17.4 Å². The van der Waals surface area contributed by atoms with Gasteiger partial charge in [0.2, 0.25) is 5.95 Å². The molecule has 0 saturated heterocycles. The lowest BCUT2D eigenvalue weighted by atomic mass is 10.1. The van der Waals surface area contributed by atoms with E-state index in [-0.39, 0.29) is 5.91 Å². The van der Waals surface area contributed by atoms with Gasteiger partial charge in [-0.25, -0.2) is 4.98 Å². The summed E-state index contributed by atoms with van der Waals surface area (Å²) in [6.45, 7) is 5.05. The van der Waals surface area contributed by atoms with Gasteiger partial charge in [-0.05, 0) is 29.9 Å². The van der Waals surface area contributed by atoms with Crippen LogP contribution >= 0.6 is 0 Å². The predicted octanol–water partition coefficient (Wildman–Crippen LogP) is 2.00. The third-order valence-electron chi connectivity index (χ3n) is 3.22. The Morgan fingerprint density at radius 3 is 2.81 bits per heavy atom. The van der Waals surface area contributed by atoms with Crippen molar-refractivity contribution >= 4 is 5.91 Å². The van der Waals surface area contributed by atoms with Crippen molar-refractivity contribution in [1.82, 2.24) is 10.3 Å². The first kappa shape index (κ1) is 11.0. The second kappa shape index (κ2) is 3.85. The molecule has 1 aliphatic rings. The molecule has 1 N–H and O–H groups in total. The number of hydrogen-bond acceptors (Lipinski definition) is 2. The first-order valence-electron chi connectivity index (χ1n) is 5.39. The molecule has 16 heavy (non-hydrogen) atoms. The molecule has 0 radical (unpaired) electrons. The molecule has 0 aromatic carbocycles. The maximum Gasteiger partial charge on any atom is 0.252 e. The summed E-state index contributed by atoms with van der Waals surface area (Å²) >= 11 is 0. The first-order chi connectivity index (χ1) is 7.49. The number of rotatable bonds is 3. The van der Waals surface area contributed by atoms with Gasteiger partial charge in [-0.2, -0.15) is 4.39 Å². The van der Waals surface area contributed by atoms with E-state index in [0.717, 1.165) is 6.42 Å². The number of hydrogen-bond donors (Lipinski definition) is 1. The topological polar surface area (TPSA) is 42.0 Å². The van der Waals surface area contributed by atoms with Crippen LogP contribution in [-0.2, 0) is 0 Å². The Kier molecular flexibility index (Phi) is 2.66. The van der Waals surface area contributed by atoms with Crippen LogP contribution in [0.2, 0.25) is 0 Å². The standard InChI is InChI=1S/C12H15FN2O/c1-12(2)5-9(12)7-15-11(16)8-3-4-10(13)14-6-8/h3-4,6,9H,5,7H2,1-2H3,(H,15,16). The van der Waals surface area contributed by atoms with Gasteiger partial charge in [-0.3, -0.25) is 4.79 Å². The van der Waals surface area contributed by atoms with Gasteiger partial charge < -0.3 is 5.32 Å². The zero-order chi connectivity index (χ0) is 11.8. The minimum absolute atomic E-state index is 0.185. The summed E-state index contributed by atoms with van der Waals surface area (Å²) < 4.78 is 12.5. The highest BCUT2D eigenvalue weighted by atomic mass is 19.1. The van der Waals surface area contributed by atoms with Gasteiger partial charge in [0, 0.05) is 12.7 Å². The fraction of sp³-hybridized carbons (Fsp3) is 0.500. The maximum absolute atomic E-state index is 12.5. The molecule has 1 aromatic heterocycles. The number of nitrogens with zero attached hydrogens (tertiary/aromatic N) is 1. The average Bonchev–Trinajstić information content (AvgIpc) is 2.84. The van der Waals surface area contributed by atoms with E-state index in [1.165, 1.54) is 18.3 Å². The van der Waals surface area contributed by atoms with E-state index >= 15 is 0 Å². The van der Waals surface area contributed by atoms with E-state index in [1.807, 2.05) is 0 Å². The number of nitrogens with one attached hydrogen (secondary N) is 1. The van der Waals surface area contributed by atoms with Gasteiger partial charge in [0.25, 0.3) is 5.91 Å². The highest BCUT2D eigenvalue weighted by molar-refractivity contribution is 5.93. The van der Waals surface area contributed by atoms with Crippen molar-refractivity contribution in [3.05, 3.63) is 29.8 Å². The normalized spacial score (nSPS) is 21.6. The third-order valence-corrected chi connectivity index (χ3v) is 3.22. The smallest absolute Gasteiger partial charge is 0.252 e. The molecule has 4 heteroatoms. The number of carbonyl (C=O) groups is 1. The molecule has 3 nitrogen and oxygen atoms in total. The molecule has 0 aliphatic heterocycles. The van der Waals surface area contributed by atoms with Crippen molar-refractivity contribution in [3.8, 4) is 0 Å². The van der Waals surface area contributed by atoms with Gasteiger partial charge in [-0.15, -0.1) is 0 Å². The fourth-order valence-corrected chi connectivity index (χ4v) is 1.75. The van der Waals surface area contributed by atoms with Gasteiger partial charge in [0.15, 0.2) is 0 Å². The third kappa shape index (κ3) is 2.38. The lowest BCUT2D eigenvalue weighted by Gasteiger charge is -2.06. The van der Waals surface area contributed by atoms with E-state index in [0.29, 0.717) is 23.4 Å². The molecule has 1 amide bonds. The van der Waals surface area contributed by atoms with Crippen LogP contribution in [0.4, 0.5) is 4.39 Å². The van der Waals surface area contributed by atoms with Gasteiger partial charge in [-0.1, -0.05) is 13.8 Å². The number of pyridine rings is 1. The summed E-state index contributed by atoms with van der Waals surface area (Å²) in [5.74, 6) is -0.195. The summed E-state index contributed by atoms with van der Waals surface area (Å²) in [5.41, 5.74) is 0.758. The highest BCUT2D eigenvalue weighted by Gasteiger charge is 2.45. The fourth-order valence-electron chi connectivity index (χ4n) is 1.75. The molecule has 1 atom stereocenters. The molecule has 2 rings (SSSR count). The molecule has 1 fully saturated rings. The Morgan fingerprint density at radius 1 is 1.62 bits per heavy atom. The first-order valence-corrected chi connectivity index (χ1v) is 5.39. The van der Waals surface area contributed by atoms with Gasteiger partial charge in [0.1, 0.15) is 0 Å². The lowest BCUT2D eigenvalue weighted by molar-refractivity contribution is 0.0950. The van der Waals surface area contributed by atoms with Crippen LogP contribution in [0.5, 0.6) is 0 Å². The van der Waals surface area contributed by atoms with E-state index in [1.54, 1.807) is 0 Å². The molecule has 1 unspecified atom stereocenters. The second-order valence-corrected chi connectivity index (χ2v) is 4.97. The zero-order valence-electron chi connectivity index (χ0n) is 9.46. The monoisotopic (exact) mass is 222 g/mol. The van der Waals surface area contributed by atoms with Gasteiger partial charge in [0.05, 0.1) is 5.56 Å². The van der Waals surface area contributed by atoms with Crippen LogP contribution in [0.1, 0.15) is 30.6 Å². The lowest BCUT2D eigenvalue weighted by Crippen LogP contribution is -2.26. The van der Waals surface area contributed by atoms with E-state index < -0.39 is 5.95 Å². The summed E-state index contributed by atoms with van der Waals surface area (Å²) in [6.07, 6.45) is 2.40. The number of halogens is 1. The summed E-state index contributed by atoms with van der Waals surface area (Å²) in [7, 11) is 0. The Balaban J connectivity index is 1.87. The predicted molar refractivity (Wildman–Crippen MR) is 58.4 cm³/mol. The SMILES string of the molecule is CC1(C)CC1CNC(=O)c1ccc(F)nc1. The van der Waals surface area contributed by atoms with Crippen LogP contribution in [0, 0.1) is 17.3 Å². The Labute approximate surface area is 94.1 Å². The molecule has 86 valence electrons. The Hall–Kier alpha value is -1.45. The van der Waals surface area contributed by atoms with E-state index in [2.05, 4.69) is 24.1 Å². The van der Waals surface area contributed by atoms with Crippen LogP contribution in [0.15, 0.2) is 18.3 Å². The number of amides is 1. The molecular weight excluding hydrogens is 207 g/mol. The molecule has 0 spiro atoms. The van der Waals surface area contributed by atoms with E-state index in [9.17, 15) is 9.18 Å². The minimum atomic E-state index is -0.570. The Bertz CT molecular complexity index is 400. The summed E-state index contributed by atoms with van der Waals surface area (Å²) in [6, 6.07) is 2.63. The van der Waals surface area contributed by atoms with Crippen molar-refractivity contribution in [3.63, 3.8) is 0 Å². The summed E-state index contributed by atoms with van der Waals surface area (Å²) in [4.78, 5) is 15.1. The maximum atomic E-state index is 12.5. The van der Waals surface area contributed by atoms with Crippen molar-refractivity contribution in [2.45, 2.75) is 20.3 Å². The zero-order valence-corrected chi connectivity index (χ0v) is 9.46. The largest absolute Gasteiger partial charge is 0.352 e. The van der Waals surface area contributed by atoms with Crippen molar-refractivity contribution in [2.24, 2.45) is 11.3 Å². The van der Waals surface area contributed by atoms with E-state index in [4.69, 9.17) is 0 Å².